The van der Waals surface area contributed by atoms with Crippen LogP contribution in [0.15, 0.2) is 55.0 Å². The van der Waals surface area contributed by atoms with Crippen LogP contribution in [0.4, 0.5) is 5.95 Å². The first kappa shape index (κ1) is 16.8. The molecule has 0 amide bonds. The fourth-order valence-corrected chi connectivity index (χ4v) is 3.35. The highest BCUT2D eigenvalue weighted by atomic mass is 35.5. The average molecular weight is 366 g/mol. The molecule has 0 unspecified atom stereocenters. The number of aryl methyl sites for hydroxylation is 1. The molecular formula is C20H20ClN5. The van der Waals surface area contributed by atoms with Crippen LogP contribution < -0.4 is 5.32 Å². The summed E-state index contributed by atoms with van der Waals surface area (Å²) in [7, 11) is 0. The Kier molecular flexibility index (Phi) is 4.24. The summed E-state index contributed by atoms with van der Waals surface area (Å²) in [4.78, 5) is 13.6. The molecule has 1 atom stereocenters. The SMILES string of the molecule is CC[C@@]1(Nc2nccc(-n3cnc4cc(C)c(Cl)cc43)n2)C=CC=CC1. The average Bonchev–Trinajstić information content (AvgIpc) is 3.06. The maximum absolute atomic E-state index is 6.30. The predicted molar refractivity (Wildman–Crippen MR) is 106 cm³/mol. The first-order valence-electron chi connectivity index (χ1n) is 8.69. The van der Waals surface area contributed by atoms with Gasteiger partial charge >= 0.3 is 0 Å². The summed E-state index contributed by atoms with van der Waals surface area (Å²) in [5.41, 5.74) is 2.68. The van der Waals surface area contributed by atoms with Gasteiger partial charge in [-0.05, 0) is 43.5 Å². The number of nitrogens with zero attached hydrogens (tertiary/aromatic N) is 4. The van der Waals surface area contributed by atoms with Gasteiger partial charge in [0.25, 0.3) is 0 Å². The van der Waals surface area contributed by atoms with Crippen LogP contribution in [-0.2, 0) is 0 Å². The van der Waals surface area contributed by atoms with Gasteiger partial charge in [0.15, 0.2) is 0 Å². The number of imidazole rings is 1. The molecule has 0 aliphatic heterocycles. The number of hydrogen-bond acceptors (Lipinski definition) is 4. The zero-order chi connectivity index (χ0) is 18.1. The number of hydrogen-bond donors (Lipinski definition) is 1. The number of anilines is 1. The number of fused-ring (bicyclic) bond motifs is 1. The van der Waals surface area contributed by atoms with Crippen LogP contribution in [0.3, 0.4) is 0 Å². The Morgan fingerprint density at radius 2 is 2.15 bits per heavy atom. The largest absolute Gasteiger partial charge is 0.345 e. The van der Waals surface area contributed by atoms with Gasteiger partial charge in [-0.2, -0.15) is 4.98 Å². The van der Waals surface area contributed by atoms with E-state index in [1.54, 1.807) is 12.5 Å². The van der Waals surface area contributed by atoms with Crippen LogP contribution in [-0.4, -0.2) is 25.1 Å². The summed E-state index contributed by atoms with van der Waals surface area (Å²) < 4.78 is 1.93. The molecular weight excluding hydrogens is 346 g/mol. The second-order valence-electron chi connectivity index (χ2n) is 6.57. The third-order valence-corrected chi connectivity index (χ3v) is 5.26. The molecule has 2 aromatic heterocycles. The molecule has 5 nitrogen and oxygen atoms in total. The number of aromatic nitrogens is 4. The van der Waals surface area contributed by atoms with Gasteiger partial charge in [-0.1, -0.05) is 42.8 Å². The first-order chi connectivity index (χ1) is 12.6. The second-order valence-corrected chi connectivity index (χ2v) is 6.98. The molecule has 0 bridgehead atoms. The molecule has 26 heavy (non-hydrogen) atoms. The summed E-state index contributed by atoms with van der Waals surface area (Å²) in [6.45, 7) is 4.14. The van der Waals surface area contributed by atoms with Gasteiger partial charge in [0.1, 0.15) is 12.1 Å². The summed E-state index contributed by atoms with van der Waals surface area (Å²) in [6, 6.07) is 5.78. The van der Waals surface area contributed by atoms with Crippen molar-refractivity contribution in [2.75, 3.05) is 5.32 Å². The van der Waals surface area contributed by atoms with Crippen LogP contribution in [0.2, 0.25) is 5.02 Å². The van der Waals surface area contributed by atoms with Crippen molar-refractivity contribution in [1.82, 2.24) is 19.5 Å². The molecule has 0 saturated carbocycles. The molecule has 0 fully saturated rings. The highest BCUT2D eigenvalue weighted by molar-refractivity contribution is 6.32. The van der Waals surface area contributed by atoms with E-state index in [0.717, 1.165) is 40.3 Å². The minimum absolute atomic E-state index is 0.148. The lowest BCUT2D eigenvalue weighted by Crippen LogP contribution is -2.36. The molecule has 3 aromatic rings. The Bertz CT molecular complexity index is 1020. The van der Waals surface area contributed by atoms with Crippen LogP contribution in [0, 0.1) is 6.92 Å². The van der Waals surface area contributed by atoms with Crippen LogP contribution >= 0.6 is 11.6 Å². The van der Waals surface area contributed by atoms with E-state index >= 15 is 0 Å². The van der Waals surface area contributed by atoms with Crippen molar-refractivity contribution in [1.29, 1.82) is 0 Å². The van der Waals surface area contributed by atoms with Gasteiger partial charge in [0, 0.05) is 11.2 Å². The maximum Gasteiger partial charge on any atom is 0.225 e. The normalized spacial score (nSPS) is 19.2. The smallest absolute Gasteiger partial charge is 0.225 e. The fourth-order valence-electron chi connectivity index (χ4n) is 3.19. The summed E-state index contributed by atoms with van der Waals surface area (Å²) in [5, 5.41) is 4.21. The molecule has 0 spiro atoms. The molecule has 6 heteroatoms. The third-order valence-electron chi connectivity index (χ3n) is 4.85. The van der Waals surface area contributed by atoms with E-state index in [4.69, 9.17) is 16.6 Å². The van der Waals surface area contributed by atoms with Gasteiger partial charge < -0.3 is 5.32 Å². The zero-order valence-corrected chi connectivity index (χ0v) is 15.5. The molecule has 0 saturated heterocycles. The van der Waals surface area contributed by atoms with Gasteiger partial charge in [-0.3, -0.25) is 4.57 Å². The Hall–Kier alpha value is -2.66. The standard InChI is InChI=1S/C20H20ClN5/c1-3-20(8-5-4-6-9-20)25-19-22-10-7-18(24-19)26-13-23-16-11-14(2)15(21)12-17(16)26/h4-8,10-13H,3,9H2,1-2H3,(H,22,24,25)/t20-/m1/s1. The molecule has 1 aliphatic rings. The minimum Gasteiger partial charge on any atom is -0.345 e. The number of benzene rings is 1. The molecule has 1 N–H and O–H groups in total. The van der Waals surface area contributed by atoms with Crippen LogP contribution in [0.25, 0.3) is 16.9 Å². The maximum atomic E-state index is 6.30. The van der Waals surface area contributed by atoms with Crippen molar-refractivity contribution in [3.8, 4) is 5.82 Å². The molecule has 132 valence electrons. The van der Waals surface area contributed by atoms with Gasteiger partial charge in [0.05, 0.1) is 16.6 Å². The first-order valence-corrected chi connectivity index (χ1v) is 9.07. The topological polar surface area (TPSA) is 55.6 Å². The number of rotatable bonds is 4. The van der Waals surface area contributed by atoms with Crippen molar-refractivity contribution in [2.45, 2.75) is 32.2 Å². The Labute approximate surface area is 157 Å². The van der Waals surface area contributed by atoms with E-state index < -0.39 is 0 Å². The van der Waals surface area contributed by atoms with E-state index in [1.165, 1.54) is 0 Å². The summed E-state index contributed by atoms with van der Waals surface area (Å²) in [5.74, 6) is 1.36. The van der Waals surface area contributed by atoms with Crippen molar-refractivity contribution in [3.63, 3.8) is 0 Å². The molecule has 0 radical (unpaired) electrons. The van der Waals surface area contributed by atoms with Crippen molar-refractivity contribution in [2.24, 2.45) is 0 Å². The number of nitrogens with one attached hydrogen (secondary N) is 1. The lowest BCUT2D eigenvalue weighted by atomic mass is 9.89. The molecule has 1 aliphatic carbocycles. The van der Waals surface area contributed by atoms with Crippen molar-refractivity contribution >= 4 is 28.6 Å². The summed E-state index contributed by atoms with van der Waals surface area (Å²) >= 11 is 6.30. The van der Waals surface area contributed by atoms with E-state index in [9.17, 15) is 0 Å². The van der Waals surface area contributed by atoms with Crippen LogP contribution in [0.1, 0.15) is 25.3 Å². The predicted octanol–water partition coefficient (Wildman–Crippen LogP) is 4.85. The molecule has 2 heterocycles. The zero-order valence-electron chi connectivity index (χ0n) is 14.8. The van der Waals surface area contributed by atoms with Crippen molar-refractivity contribution < 1.29 is 0 Å². The van der Waals surface area contributed by atoms with E-state index in [2.05, 4.69) is 46.5 Å². The minimum atomic E-state index is -0.148. The monoisotopic (exact) mass is 365 g/mol. The van der Waals surface area contributed by atoms with Gasteiger partial charge in [-0.25, -0.2) is 9.97 Å². The lowest BCUT2D eigenvalue weighted by molar-refractivity contribution is 0.552. The molecule has 4 rings (SSSR count). The number of halogens is 1. The second kappa shape index (κ2) is 6.57. The molecule has 1 aromatic carbocycles. The Morgan fingerprint density at radius 3 is 2.92 bits per heavy atom. The van der Waals surface area contributed by atoms with E-state index in [0.29, 0.717) is 5.95 Å². The Morgan fingerprint density at radius 1 is 1.27 bits per heavy atom. The number of allylic oxidation sites excluding steroid dienone is 2. The lowest BCUT2D eigenvalue weighted by Gasteiger charge is -2.31. The summed E-state index contributed by atoms with van der Waals surface area (Å²) in [6.07, 6.45) is 13.9. The van der Waals surface area contributed by atoms with Gasteiger partial charge in [0.2, 0.25) is 5.95 Å². The Balaban J connectivity index is 1.71. The third kappa shape index (κ3) is 2.99. The van der Waals surface area contributed by atoms with Crippen molar-refractivity contribution in [3.05, 3.63) is 65.6 Å². The quantitative estimate of drug-likeness (QED) is 0.717. The van der Waals surface area contributed by atoms with E-state index in [-0.39, 0.29) is 5.54 Å². The van der Waals surface area contributed by atoms with E-state index in [1.807, 2.05) is 29.7 Å². The highest BCUT2D eigenvalue weighted by Crippen LogP contribution is 2.27. The van der Waals surface area contributed by atoms with Crippen LogP contribution in [0.5, 0.6) is 0 Å². The highest BCUT2D eigenvalue weighted by Gasteiger charge is 2.25. The fraction of sp³-hybridized carbons (Fsp3) is 0.250. The van der Waals surface area contributed by atoms with Gasteiger partial charge in [-0.15, -0.1) is 0 Å².